The van der Waals surface area contributed by atoms with Gasteiger partial charge in [0.15, 0.2) is 0 Å². The number of halogens is 2. The van der Waals surface area contributed by atoms with E-state index in [4.69, 9.17) is 23.2 Å². The van der Waals surface area contributed by atoms with Crippen LogP contribution in [0.1, 0.15) is 55.6 Å². The molecule has 0 amide bonds. The first kappa shape index (κ1) is 17.4. The van der Waals surface area contributed by atoms with E-state index in [0.29, 0.717) is 11.5 Å². The van der Waals surface area contributed by atoms with Crippen LogP contribution in [-0.4, -0.2) is 6.04 Å². The highest BCUT2D eigenvalue weighted by molar-refractivity contribution is 6.34. The van der Waals surface area contributed by atoms with Gasteiger partial charge in [0.25, 0.3) is 0 Å². The Morgan fingerprint density at radius 2 is 1.52 bits per heavy atom. The Morgan fingerprint density at radius 1 is 0.880 bits per heavy atom. The zero-order valence-electron chi connectivity index (χ0n) is 14.5. The molecular formula is C22H25Cl2N. The molecular weight excluding hydrogens is 349 g/mol. The summed E-state index contributed by atoms with van der Waals surface area (Å²) in [6.45, 7) is 0.856. The van der Waals surface area contributed by atoms with E-state index in [0.717, 1.165) is 22.5 Å². The first-order valence-corrected chi connectivity index (χ1v) is 10.1. The van der Waals surface area contributed by atoms with Crippen LogP contribution in [0.25, 0.3) is 0 Å². The highest BCUT2D eigenvalue weighted by Crippen LogP contribution is 2.54. The summed E-state index contributed by atoms with van der Waals surface area (Å²) >= 11 is 12.2. The lowest BCUT2D eigenvalue weighted by molar-refractivity contribution is 0.0164. The summed E-state index contributed by atoms with van der Waals surface area (Å²) in [4.78, 5) is 0. The van der Waals surface area contributed by atoms with E-state index >= 15 is 0 Å². The van der Waals surface area contributed by atoms with E-state index in [9.17, 15) is 0 Å². The summed E-state index contributed by atoms with van der Waals surface area (Å²) in [6.07, 6.45) is 8.02. The van der Waals surface area contributed by atoms with Crippen LogP contribution in [-0.2, 0) is 6.54 Å². The maximum atomic E-state index is 6.12. The van der Waals surface area contributed by atoms with Gasteiger partial charge in [0.05, 0.1) is 0 Å². The molecule has 0 bridgehead atoms. The average molecular weight is 374 g/mol. The van der Waals surface area contributed by atoms with Crippen molar-refractivity contribution in [3.8, 4) is 0 Å². The van der Waals surface area contributed by atoms with E-state index in [2.05, 4.69) is 35.6 Å². The second-order valence-electron chi connectivity index (χ2n) is 7.80. The Bertz CT molecular complexity index is 700. The van der Waals surface area contributed by atoms with E-state index in [-0.39, 0.29) is 0 Å². The van der Waals surface area contributed by atoms with Gasteiger partial charge < -0.3 is 5.32 Å². The lowest BCUT2D eigenvalue weighted by Gasteiger charge is -2.54. The van der Waals surface area contributed by atoms with Crippen molar-refractivity contribution in [2.45, 2.75) is 57.0 Å². The van der Waals surface area contributed by atoms with Crippen LogP contribution in [0, 0.1) is 5.41 Å². The fraction of sp³-hybridized carbons (Fsp3) is 0.455. The topological polar surface area (TPSA) is 12.0 Å². The molecule has 0 radical (unpaired) electrons. The normalized spacial score (nSPS) is 28.7. The van der Waals surface area contributed by atoms with Crippen LogP contribution >= 0.6 is 23.2 Å². The molecule has 1 spiro atoms. The summed E-state index contributed by atoms with van der Waals surface area (Å²) in [6, 6.07) is 17.5. The number of rotatable bonds is 4. The van der Waals surface area contributed by atoms with Gasteiger partial charge in [-0.15, -0.1) is 0 Å². The van der Waals surface area contributed by atoms with Crippen LogP contribution < -0.4 is 5.32 Å². The summed E-state index contributed by atoms with van der Waals surface area (Å²) < 4.78 is 0. The SMILES string of the molecule is Clc1cc(Cl)cc(CN[C@H]2CCC23CCC(c2ccccc2)CC3)c1. The molecule has 25 heavy (non-hydrogen) atoms. The predicted molar refractivity (Wildman–Crippen MR) is 106 cm³/mol. The molecule has 3 heteroatoms. The zero-order chi connectivity index (χ0) is 17.3. The van der Waals surface area contributed by atoms with Gasteiger partial charge in [-0.1, -0.05) is 53.5 Å². The molecule has 2 aromatic rings. The molecule has 2 saturated carbocycles. The van der Waals surface area contributed by atoms with Gasteiger partial charge in [-0.05, 0) is 79.2 Å². The van der Waals surface area contributed by atoms with Crippen molar-refractivity contribution in [1.82, 2.24) is 5.32 Å². The Labute approximate surface area is 160 Å². The Morgan fingerprint density at radius 3 is 2.12 bits per heavy atom. The number of hydrogen-bond donors (Lipinski definition) is 1. The molecule has 1 atom stereocenters. The van der Waals surface area contributed by atoms with Crippen molar-refractivity contribution >= 4 is 23.2 Å². The lowest BCUT2D eigenvalue weighted by atomic mass is 9.55. The second kappa shape index (κ2) is 7.31. The van der Waals surface area contributed by atoms with E-state index in [1.165, 1.54) is 49.7 Å². The third-order valence-electron chi connectivity index (χ3n) is 6.40. The molecule has 0 aliphatic heterocycles. The molecule has 0 heterocycles. The summed E-state index contributed by atoms with van der Waals surface area (Å²) in [5.74, 6) is 0.750. The monoisotopic (exact) mass is 373 g/mol. The first-order valence-electron chi connectivity index (χ1n) is 9.38. The maximum Gasteiger partial charge on any atom is 0.0424 e. The summed E-state index contributed by atoms with van der Waals surface area (Å²) in [7, 11) is 0. The molecule has 2 fully saturated rings. The molecule has 0 unspecified atom stereocenters. The minimum atomic E-state index is 0.521. The van der Waals surface area contributed by atoms with Gasteiger partial charge in [-0.3, -0.25) is 0 Å². The molecule has 1 nitrogen and oxygen atoms in total. The number of nitrogens with one attached hydrogen (secondary N) is 1. The van der Waals surface area contributed by atoms with Crippen molar-refractivity contribution in [2.24, 2.45) is 5.41 Å². The molecule has 0 aromatic heterocycles. The molecule has 2 aliphatic carbocycles. The molecule has 2 aromatic carbocycles. The standard InChI is InChI=1S/C22H25Cl2N/c23-19-12-16(13-20(24)14-19)15-25-21-8-11-22(21)9-6-18(7-10-22)17-4-2-1-3-5-17/h1-5,12-14,18,21,25H,6-11,15H2/t18?,21-,22?/m0/s1. The van der Waals surface area contributed by atoms with Crippen LogP contribution in [0.2, 0.25) is 10.0 Å². The van der Waals surface area contributed by atoms with E-state index in [1.54, 1.807) is 6.07 Å². The highest BCUT2D eigenvalue weighted by atomic mass is 35.5. The highest BCUT2D eigenvalue weighted by Gasteiger charge is 2.47. The van der Waals surface area contributed by atoms with Gasteiger partial charge in [0.2, 0.25) is 0 Å². The van der Waals surface area contributed by atoms with Gasteiger partial charge >= 0.3 is 0 Å². The van der Waals surface area contributed by atoms with Gasteiger partial charge in [-0.25, -0.2) is 0 Å². The Balaban J connectivity index is 1.34. The fourth-order valence-electron chi connectivity index (χ4n) is 4.82. The molecule has 0 saturated heterocycles. The van der Waals surface area contributed by atoms with E-state index < -0.39 is 0 Å². The maximum absolute atomic E-state index is 6.12. The lowest BCUT2D eigenvalue weighted by Crippen LogP contribution is -2.54. The van der Waals surface area contributed by atoms with Crippen molar-refractivity contribution in [2.75, 3.05) is 0 Å². The van der Waals surface area contributed by atoms with Crippen LogP contribution in [0.4, 0.5) is 0 Å². The Kier molecular flexibility index (Phi) is 5.08. The molecule has 1 N–H and O–H groups in total. The molecule has 4 rings (SSSR count). The summed E-state index contributed by atoms with van der Waals surface area (Å²) in [5, 5.41) is 5.22. The minimum Gasteiger partial charge on any atom is -0.309 e. The fourth-order valence-corrected chi connectivity index (χ4v) is 5.39. The van der Waals surface area contributed by atoms with E-state index in [1.807, 2.05) is 12.1 Å². The van der Waals surface area contributed by atoms with Crippen LogP contribution in [0.3, 0.4) is 0 Å². The van der Waals surface area contributed by atoms with Crippen molar-refractivity contribution in [3.63, 3.8) is 0 Å². The molecule has 132 valence electrons. The number of benzene rings is 2. The van der Waals surface area contributed by atoms with Crippen molar-refractivity contribution in [1.29, 1.82) is 0 Å². The zero-order valence-corrected chi connectivity index (χ0v) is 16.0. The number of hydrogen-bond acceptors (Lipinski definition) is 1. The average Bonchev–Trinajstić information content (AvgIpc) is 2.61. The first-order chi connectivity index (χ1) is 12.1. The quantitative estimate of drug-likeness (QED) is 0.637. The van der Waals surface area contributed by atoms with Crippen molar-refractivity contribution < 1.29 is 0 Å². The third kappa shape index (κ3) is 3.74. The largest absolute Gasteiger partial charge is 0.309 e. The summed E-state index contributed by atoms with van der Waals surface area (Å²) in [5.41, 5.74) is 3.22. The smallest absolute Gasteiger partial charge is 0.0424 e. The van der Waals surface area contributed by atoms with Crippen molar-refractivity contribution in [3.05, 3.63) is 69.7 Å². The Hall–Kier alpha value is -1.02. The van der Waals surface area contributed by atoms with Gasteiger partial charge in [0, 0.05) is 22.6 Å². The van der Waals surface area contributed by atoms with Gasteiger partial charge in [-0.2, -0.15) is 0 Å². The van der Waals surface area contributed by atoms with Gasteiger partial charge in [0.1, 0.15) is 0 Å². The molecule has 2 aliphatic rings. The van der Waals surface area contributed by atoms with Crippen LogP contribution in [0.15, 0.2) is 48.5 Å². The minimum absolute atomic E-state index is 0.521. The third-order valence-corrected chi connectivity index (χ3v) is 6.83. The second-order valence-corrected chi connectivity index (χ2v) is 8.67. The predicted octanol–water partition coefficient (Wildman–Crippen LogP) is 6.59. The van der Waals surface area contributed by atoms with Crippen LogP contribution in [0.5, 0.6) is 0 Å².